The molecule has 1 amide bonds. The normalized spacial score (nSPS) is 13.4. The number of carbonyl (C=O) groups is 1. The fourth-order valence-electron chi connectivity index (χ4n) is 1.52. The second kappa shape index (κ2) is 6.72. The molecule has 0 radical (unpaired) electrons. The minimum atomic E-state index is -0.532. The Morgan fingerprint density at radius 1 is 1.37 bits per heavy atom. The fraction of sp³-hybridized carbons (Fsp3) is 0.462. The van der Waals surface area contributed by atoms with Crippen molar-refractivity contribution in [2.45, 2.75) is 39.3 Å². The first-order chi connectivity index (χ1) is 8.95. The highest BCUT2D eigenvalue weighted by Crippen LogP contribution is 2.23. The monoisotopic (exact) mass is 265 g/mol. The summed E-state index contributed by atoms with van der Waals surface area (Å²) in [5.74, 6) is -0.174. The van der Waals surface area contributed by atoms with Crippen LogP contribution in [0.5, 0.6) is 0 Å². The third kappa shape index (κ3) is 4.24. The van der Waals surface area contributed by atoms with Crippen molar-refractivity contribution in [3.05, 3.63) is 34.4 Å². The van der Waals surface area contributed by atoms with E-state index in [1.54, 1.807) is 25.1 Å². The van der Waals surface area contributed by atoms with Crippen LogP contribution in [0.25, 0.3) is 0 Å². The highest BCUT2D eigenvalue weighted by atomic mass is 16.6. The SMILES string of the molecule is CCC(C)NC(=O)C(C)Nc1ccccc1[N+](=O)[O-]. The molecule has 2 atom stereocenters. The van der Waals surface area contributed by atoms with E-state index in [-0.39, 0.29) is 17.6 Å². The van der Waals surface area contributed by atoms with Gasteiger partial charge in [0.15, 0.2) is 0 Å². The molecule has 0 saturated heterocycles. The summed E-state index contributed by atoms with van der Waals surface area (Å²) in [5.41, 5.74) is 0.310. The molecule has 0 aliphatic rings. The van der Waals surface area contributed by atoms with Gasteiger partial charge in [-0.05, 0) is 26.3 Å². The summed E-state index contributed by atoms with van der Waals surface area (Å²) < 4.78 is 0. The van der Waals surface area contributed by atoms with Crippen LogP contribution in [0.3, 0.4) is 0 Å². The number of benzene rings is 1. The number of carbonyl (C=O) groups excluding carboxylic acids is 1. The summed E-state index contributed by atoms with van der Waals surface area (Å²) in [4.78, 5) is 22.2. The zero-order valence-electron chi connectivity index (χ0n) is 11.3. The standard InChI is InChI=1S/C13H19N3O3/c1-4-9(2)14-13(17)10(3)15-11-7-5-6-8-12(11)16(18)19/h5-10,15H,4H2,1-3H3,(H,14,17). The summed E-state index contributed by atoms with van der Waals surface area (Å²) >= 11 is 0. The van der Waals surface area contributed by atoms with Crippen molar-refractivity contribution in [1.82, 2.24) is 5.32 Å². The van der Waals surface area contributed by atoms with Crippen molar-refractivity contribution >= 4 is 17.3 Å². The summed E-state index contributed by atoms with van der Waals surface area (Å²) in [6, 6.07) is 5.83. The molecule has 19 heavy (non-hydrogen) atoms. The lowest BCUT2D eigenvalue weighted by Gasteiger charge is -2.18. The number of para-hydroxylation sites is 2. The molecule has 1 aromatic carbocycles. The van der Waals surface area contributed by atoms with Crippen molar-refractivity contribution < 1.29 is 9.72 Å². The lowest BCUT2D eigenvalue weighted by Crippen LogP contribution is -2.41. The Morgan fingerprint density at radius 2 is 2.00 bits per heavy atom. The van der Waals surface area contributed by atoms with Crippen LogP contribution in [0.4, 0.5) is 11.4 Å². The Bertz CT molecular complexity index is 462. The molecular weight excluding hydrogens is 246 g/mol. The van der Waals surface area contributed by atoms with Crippen LogP contribution in [-0.2, 0) is 4.79 Å². The number of nitrogens with zero attached hydrogens (tertiary/aromatic N) is 1. The minimum Gasteiger partial charge on any atom is -0.368 e. The van der Waals surface area contributed by atoms with Gasteiger partial charge >= 0.3 is 0 Å². The van der Waals surface area contributed by atoms with Gasteiger partial charge in [-0.25, -0.2) is 0 Å². The largest absolute Gasteiger partial charge is 0.368 e. The number of hydrogen-bond donors (Lipinski definition) is 2. The predicted molar refractivity (Wildman–Crippen MR) is 74.1 cm³/mol. The van der Waals surface area contributed by atoms with Gasteiger partial charge in [0, 0.05) is 12.1 Å². The molecule has 0 aliphatic heterocycles. The first-order valence-electron chi connectivity index (χ1n) is 6.26. The molecule has 0 aliphatic carbocycles. The van der Waals surface area contributed by atoms with Gasteiger partial charge in [0.05, 0.1) is 4.92 Å². The van der Waals surface area contributed by atoms with Gasteiger partial charge in [-0.2, -0.15) is 0 Å². The molecule has 6 nitrogen and oxygen atoms in total. The zero-order valence-corrected chi connectivity index (χ0v) is 11.3. The van der Waals surface area contributed by atoms with Gasteiger partial charge in [0.2, 0.25) is 5.91 Å². The van der Waals surface area contributed by atoms with E-state index in [2.05, 4.69) is 10.6 Å². The van der Waals surface area contributed by atoms with Crippen LogP contribution in [0.2, 0.25) is 0 Å². The van der Waals surface area contributed by atoms with E-state index in [9.17, 15) is 14.9 Å². The first-order valence-corrected chi connectivity index (χ1v) is 6.26. The van der Waals surface area contributed by atoms with E-state index in [1.807, 2.05) is 13.8 Å². The van der Waals surface area contributed by atoms with Crippen LogP contribution in [0.15, 0.2) is 24.3 Å². The second-order valence-electron chi connectivity index (χ2n) is 4.46. The molecule has 0 bridgehead atoms. The highest BCUT2D eigenvalue weighted by Gasteiger charge is 2.19. The molecule has 1 rings (SSSR count). The third-order valence-corrected chi connectivity index (χ3v) is 2.87. The van der Waals surface area contributed by atoms with Gasteiger partial charge in [-0.15, -0.1) is 0 Å². The lowest BCUT2D eigenvalue weighted by atomic mass is 10.2. The number of hydrogen-bond acceptors (Lipinski definition) is 4. The molecule has 0 spiro atoms. The Morgan fingerprint density at radius 3 is 2.58 bits per heavy atom. The Balaban J connectivity index is 2.74. The molecule has 0 fully saturated rings. The molecule has 0 saturated carbocycles. The average Bonchev–Trinajstić information content (AvgIpc) is 2.38. The molecule has 2 unspecified atom stereocenters. The first kappa shape index (κ1) is 14.9. The zero-order chi connectivity index (χ0) is 14.4. The van der Waals surface area contributed by atoms with Gasteiger partial charge in [0.25, 0.3) is 5.69 Å². The van der Waals surface area contributed by atoms with Crippen LogP contribution in [0.1, 0.15) is 27.2 Å². The molecule has 0 heterocycles. The van der Waals surface area contributed by atoms with Gasteiger partial charge in [-0.3, -0.25) is 14.9 Å². The molecule has 1 aromatic rings. The summed E-state index contributed by atoms with van der Waals surface area (Å²) in [5, 5.41) is 16.6. The molecule has 2 N–H and O–H groups in total. The summed E-state index contributed by atoms with van der Waals surface area (Å²) in [6.45, 7) is 5.56. The van der Waals surface area contributed by atoms with E-state index in [0.29, 0.717) is 5.69 Å². The smallest absolute Gasteiger partial charge is 0.292 e. The summed E-state index contributed by atoms with van der Waals surface area (Å²) in [7, 11) is 0. The Kier molecular flexibility index (Phi) is 5.29. The van der Waals surface area contributed by atoms with Crippen molar-refractivity contribution in [2.24, 2.45) is 0 Å². The number of nitrogens with one attached hydrogen (secondary N) is 2. The van der Waals surface area contributed by atoms with E-state index < -0.39 is 11.0 Å². The van der Waals surface area contributed by atoms with E-state index in [1.165, 1.54) is 6.07 Å². The maximum atomic E-state index is 11.9. The fourth-order valence-corrected chi connectivity index (χ4v) is 1.52. The maximum Gasteiger partial charge on any atom is 0.292 e. The highest BCUT2D eigenvalue weighted by molar-refractivity contribution is 5.85. The number of anilines is 1. The van der Waals surface area contributed by atoms with Crippen molar-refractivity contribution in [3.63, 3.8) is 0 Å². The van der Waals surface area contributed by atoms with E-state index >= 15 is 0 Å². The predicted octanol–water partition coefficient (Wildman–Crippen LogP) is 2.31. The number of amides is 1. The van der Waals surface area contributed by atoms with Crippen LogP contribution in [0, 0.1) is 10.1 Å². The number of rotatable bonds is 6. The van der Waals surface area contributed by atoms with Crippen molar-refractivity contribution in [3.8, 4) is 0 Å². The van der Waals surface area contributed by atoms with E-state index in [4.69, 9.17) is 0 Å². The van der Waals surface area contributed by atoms with Crippen LogP contribution in [-0.4, -0.2) is 22.9 Å². The van der Waals surface area contributed by atoms with E-state index in [0.717, 1.165) is 6.42 Å². The molecule has 0 aromatic heterocycles. The minimum absolute atomic E-state index is 0.0364. The topological polar surface area (TPSA) is 84.3 Å². The molecular formula is C13H19N3O3. The maximum absolute atomic E-state index is 11.9. The van der Waals surface area contributed by atoms with Gasteiger partial charge in [-0.1, -0.05) is 19.1 Å². The Hall–Kier alpha value is -2.11. The van der Waals surface area contributed by atoms with Crippen LogP contribution >= 0.6 is 0 Å². The summed E-state index contributed by atoms with van der Waals surface area (Å²) in [6.07, 6.45) is 0.837. The third-order valence-electron chi connectivity index (χ3n) is 2.87. The van der Waals surface area contributed by atoms with Gasteiger partial charge < -0.3 is 10.6 Å². The van der Waals surface area contributed by atoms with Crippen molar-refractivity contribution in [1.29, 1.82) is 0 Å². The number of nitro groups is 1. The number of nitro benzene ring substituents is 1. The van der Waals surface area contributed by atoms with Gasteiger partial charge in [0.1, 0.15) is 11.7 Å². The second-order valence-corrected chi connectivity index (χ2v) is 4.46. The van der Waals surface area contributed by atoms with Crippen molar-refractivity contribution in [2.75, 3.05) is 5.32 Å². The quantitative estimate of drug-likeness (QED) is 0.610. The molecule has 6 heteroatoms. The molecule has 104 valence electrons. The van der Waals surface area contributed by atoms with Crippen LogP contribution < -0.4 is 10.6 Å². The average molecular weight is 265 g/mol. The Labute approximate surface area is 112 Å². The lowest BCUT2D eigenvalue weighted by molar-refractivity contribution is -0.384.